The molecule has 2 aliphatic heterocycles. The summed E-state index contributed by atoms with van der Waals surface area (Å²) in [4.78, 5) is 13.5. The summed E-state index contributed by atoms with van der Waals surface area (Å²) in [5, 5.41) is 0. The fourth-order valence-electron chi connectivity index (χ4n) is 3.85. The molecule has 0 spiro atoms. The molecule has 0 aromatic heterocycles. The third-order valence-corrected chi connectivity index (χ3v) is 5.01. The van der Waals surface area contributed by atoms with Crippen LogP contribution < -0.4 is 9.47 Å². The summed E-state index contributed by atoms with van der Waals surface area (Å²) in [6.07, 6.45) is 7.32. The van der Waals surface area contributed by atoms with Crippen molar-refractivity contribution >= 4 is 6.29 Å². The number of rotatable bonds is 5. The van der Waals surface area contributed by atoms with Gasteiger partial charge in [-0.25, -0.2) is 0 Å². The van der Waals surface area contributed by atoms with Gasteiger partial charge < -0.3 is 9.47 Å². The lowest BCUT2D eigenvalue weighted by atomic mass is 9.84. The molecule has 0 unspecified atom stereocenters. The molecule has 0 N–H and O–H groups in total. The number of piperidine rings is 2. The maximum absolute atomic E-state index is 10.8. The lowest BCUT2D eigenvalue weighted by Crippen LogP contribution is -2.49. The van der Waals surface area contributed by atoms with Crippen molar-refractivity contribution in [2.45, 2.75) is 38.1 Å². The Morgan fingerprint density at radius 2 is 2.05 bits per heavy atom. The molecule has 2 atom stereocenters. The molecule has 3 rings (SSSR count). The van der Waals surface area contributed by atoms with Gasteiger partial charge >= 0.3 is 0 Å². The van der Waals surface area contributed by atoms with Gasteiger partial charge in [0.1, 0.15) is 6.29 Å². The quantitative estimate of drug-likeness (QED) is 0.783. The van der Waals surface area contributed by atoms with Gasteiger partial charge in [-0.2, -0.15) is 0 Å². The topological polar surface area (TPSA) is 38.8 Å². The average Bonchev–Trinajstić information content (AvgIpc) is 2.59. The molecule has 4 heteroatoms. The van der Waals surface area contributed by atoms with E-state index in [1.807, 2.05) is 6.07 Å². The van der Waals surface area contributed by atoms with E-state index in [0.29, 0.717) is 23.3 Å². The molecule has 1 aromatic rings. The smallest absolute Gasteiger partial charge is 0.161 e. The third kappa shape index (κ3) is 3.27. The second-order valence-corrected chi connectivity index (χ2v) is 6.34. The van der Waals surface area contributed by atoms with Gasteiger partial charge in [-0.3, -0.25) is 9.69 Å². The second-order valence-electron chi connectivity index (χ2n) is 6.34. The predicted molar refractivity (Wildman–Crippen MR) is 85.8 cm³/mol. The summed E-state index contributed by atoms with van der Waals surface area (Å²) in [5.41, 5.74) is 0.611. The van der Waals surface area contributed by atoms with Gasteiger partial charge in [0.2, 0.25) is 0 Å². The largest absolute Gasteiger partial charge is 0.493 e. The van der Waals surface area contributed by atoms with E-state index in [1.165, 1.54) is 45.2 Å². The Balaban J connectivity index is 1.65. The molecular formula is C18H25NO3. The zero-order chi connectivity index (χ0) is 15.4. The van der Waals surface area contributed by atoms with Crippen molar-refractivity contribution in [3.05, 3.63) is 23.8 Å². The first kappa shape index (κ1) is 15.3. The monoisotopic (exact) mass is 303 g/mol. The number of fused-ring (bicyclic) bond motifs is 1. The van der Waals surface area contributed by atoms with Gasteiger partial charge in [0.15, 0.2) is 11.5 Å². The van der Waals surface area contributed by atoms with E-state index in [9.17, 15) is 4.79 Å². The van der Waals surface area contributed by atoms with Crippen molar-refractivity contribution < 1.29 is 14.3 Å². The zero-order valence-electron chi connectivity index (χ0n) is 13.3. The predicted octanol–water partition coefficient (Wildman–Crippen LogP) is 3.15. The number of nitrogens with zero attached hydrogens (tertiary/aromatic N) is 1. The molecule has 22 heavy (non-hydrogen) atoms. The molecule has 2 saturated heterocycles. The summed E-state index contributed by atoms with van der Waals surface area (Å²) in [6, 6.07) is 6.03. The first-order valence-electron chi connectivity index (χ1n) is 8.32. The van der Waals surface area contributed by atoms with E-state index < -0.39 is 0 Å². The van der Waals surface area contributed by atoms with Gasteiger partial charge in [0.25, 0.3) is 0 Å². The Morgan fingerprint density at radius 1 is 1.18 bits per heavy atom. The highest BCUT2D eigenvalue weighted by Gasteiger charge is 2.33. The van der Waals surface area contributed by atoms with E-state index in [4.69, 9.17) is 9.47 Å². The molecule has 0 saturated carbocycles. The number of benzene rings is 1. The molecular weight excluding hydrogens is 278 g/mol. The van der Waals surface area contributed by atoms with Crippen LogP contribution in [0.3, 0.4) is 0 Å². The Kier molecular flexibility index (Phi) is 4.98. The normalized spacial score (nSPS) is 25.3. The number of ether oxygens (including phenoxy) is 2. The van der Waals surface area contributed by atoms with Crippen molar-refractivity contribution in [2.75, 3.05) is 26.8 Å². The van der Waals surface area contributed by atoms with Gasteiger partial charge in [-0.1, -0.05) is 6.42 Å². The Labute approximate surface area is 132 Å². The summed E-state index contributed by atoms with van der Waals surface area (Å²) in [7, 11) is 1.61. The molecule has 2 heterocycles. The van der Waals surface area contributed by atoms with Crippen LogP contribution in [0.1, 0.15) is 42.5 Å². The lowest BCUT2D eigenvalue weighted by molar-refractivity contribution is 0.0361. The first-order valence-corrected chi connectivity index (χ1v) is 8.32. The highest BCUT2D eigenvalue weighted by molar-refractivity contribution is 5.76. The second kappa shape index (κ2) is 7.14. The molecule has 2 fully saturated rings. The minimum absolute atomic E-state index is 0.601. The fraction of sp³-hybridized carbons (Fsp3) is 0.611. The minimum Gasteiger partial charge on any atom is -0.493 e. The maximum atomic E-state index is 10.8. The highest BCUT2D eigenvalue weighted by atomic mass is 16.5. The third-order valence-electron chi connectivity index (χ3n) is 5.01. The summed E-state index contributed by atoms with van der Waals surface area (Å²) < 4.78 is 11.4. The standard InChI is InChI=1S/C18H25NO3/c1-21-18-11-14(12-20)7-8-17(18)22-13-15-5-4-10-19-9-3-2-6-16(15)19/h7-8,11-12,15-16H,2-6,9-10,13H2,1H3/t15-,16+/m0/s1. The van der Waals surface area contributed by atoms with Crippen LogP contribution in [0.5, 0.6) is 11.5 Å². The van der Waals surface area contributed by atoms with Crippen LogP contribution >= 0.6 is 0 Å². The van der Waals surface area contributed by atoms with Crippen LogP contribution in [0.25, 0.3) is 0 Å². The molecule has 120 valence electrons. The van der Waals surface area contributed by atoms with Gasteiger partial charge in [-0.15, -0.1) is 0 Å². The molecule has 2 aliphatic rings. The highest BCUT2D eigenvalue weighted by Crippen LogP contribution is 2.33. The van der Waals surface area contributed by atoms with E-state index in [2.05, 4.69) is 4.90 Å². The summed E-state index contributed by atoms with van der Waals surface area (Å²) >= 11 is 0. The van der Waals surface area contributed by atoms with Crippen molar-refractivity contribution in [1.29, 1.82) is 0 Å². The van der Waals surface area contributed by atoms with Crippen LogP contribution in [0.2, 0.25) is 0 Å². The number of aldehydes is 1. The van der Waals surface area contributed by atoms with E-state index in [1.54, 1.807) is 19.2 Å². The van der Waals surface area contributed by atoms with Crippen molar-refractivity contribution in [1.82, 2.24) is 4.90 Å². The van der Waals surface area contributed by atoms with Crippen LogP contribution in [-0.2, 0) is 0 Å². The van der Waals surface area contributed by atoms with Crippen molar-refractivity contribution in [2.24, 2.45) is 5.92 Å². The van der Waals surface area contributed by atoms with E-state index in [-0.39, 0.29) is 0 Å². The lowest BCUT2D eigenvalue weighted by Gasteiger charge is -2.44. The minimum atomic E-state index is 0.601. The molecule has 4 nitrogen and oxygen atoms in total. The summed E-state index contributed by atoms with van der Waals surface area (Å²) in [5.74, 6) is 1.98. The van der Waals surface area contributed by atoms with Crippen LogP contribution in [0.4, 0.5) is 0 Å². The molecule has 0 bridgehead atoms. The number of hydrogen-bond acceptors (Lipinski definition) is 4. The Bertz CT molecular complexity index is 515. The molecule has 0 amide bonds. The van der Waals surface area contributed by atoms with Gasteiger partial charge in [-0.05, 0) is 57.0 Å². The van der Waals surface area contributed by atoms with Crippen LogP contribution in [0.15, 0.2) is 18.2 Å². The Hall–Kier alpha value is -1.55. The summed E-state index contributed by atoms with van der Waals surface area (Å²) in [6.45, 7) is 3.23. The number of hydrogen-bond donors (Lipinski definition) is 0. The number of carbonyl (C=O) groups is 1. The number of methoxy groups -OCH3 is 1. The maximum Gasteiger partial charge on any atom is 0.161 e. The molecule has 0 radical (unpaired) electrons. The van der Waals surface area contributed by atoms with E-state index >= 15 is 0 Å². The average molecular weight is 303 g/mol. The van der Waals surface area contributed by atoms with Crippen molar-refractivity contribution in [3.63, 3.8) is 0 Å². The Morgan fingerprint density at radius 3 is 2.86 bits per heavy atom. The van der Waals surface area contributed by atoms with Crippen LogP contribution in [0, 0.1) is 5.92 Å². The molecule has 1 aromatic carbocycles. The fourth-order valence-corrected chi connectivity index (χ4v) is 3.85. The van der Waals surface area contributed by atoms with Crippen LogP contribution in [-0.4, -0.2) is 44.0 Å². The molecule has 0 aliphatic carbocycles. The van der Waals surface area contributed by atoms with Gasteiger partial charge in [0.05, 0.1) is 13.7 Å². The van der Waals surface area contributed by atoms with Gasteiger partial charge in [0, 0.05) is 17.5 Å². The number of carbonyl (C=O) groups excluding carboxylic acids is 1. The first-order chi connectivity index (χ1) is 10.8. The van der Waals surface area contributed by atoms with Crippen molar-refractivity contribution in [3.8, 4) is 11.5 Å². The van der Waals surface area contributed by atoms with E-state index in [0.717, 1.165) is 18.6 Å². The SMILES string of the molecule is COc1cc(C=O)ccc1OC[C@@H]1CCCN2CCCC[C@H]12. The zero-order valence-corrected chi connectivity index (χ0v) is 13.3.